The number of carboxylic acid groups (broad SMARTS) is 2. The van der Waals surface area contributed by atoms with Gasteiger partial charge in [0.2, 0.25) is 5.91 Å². The summed E-state index contributed by atoms with van der Waals surface area (Å²) < 4.78 is 13.3. The molecule has 10 heteroatoms. The van der Waals surface area contributed by atoms with E-state index in [1.54, 1.807) is 19.6 Å². The monoisotopic (exact) mass is 501 g/mol. The van der Waals surface area contributed by atoms with Gasteiger partial charge in [-0.25, -0.2) is 14.6 Å². The van der Waals surface area contributed by atoms with Crippen LogP contribution in [0.1, 0.15) is 44.6 Å². The Kier molecular flexibility index (Phi) is 12.0. The lowest BCUT2D eigenvalue weighted by Crippen LogP contribution is -2.37. The molecular weight excluding hydrogens is 466 g/mol. The van der Waals surface area contributed by atoms with Crippen LogP contribution in [0.2, 0.25) is 0 Å². The molecule has 0 saturated heterocycles. The fraction of sp³-hybridized carbons (Fsp3) is 0.462. The number of aryl methyl sites for hydroxylation is 1. The van der Waals surface area contributed by atoms with Gasteiger partial charge in [0.15, 0.2) is 11.5 Å². The Morgan fingerprint density at radius 2 is 1.81 bits per heavy atom. The first-order valence-electron chi connectivity index (χ1n) is 12.0. The maximum Gasteiger partial charge on any atom is 0.328 e. The molecule has 2 aromatic rings. The molecule has 3 N–H and O–H groups in total. The number of carboxylic acids is 2. The third-order valence-electron chi connectivity index (χ3n) is 5.78. The quantitative estimate of drug-likeness (QED) is 0.399. The van der Waals surface area contributed by atoms with Gasteiger partial charge in [0, 0.05) is 37.0 Å². The van der Waals surface area contributed by atoms with E-state index in [2.05, 4.69) is 17.2 Å². The molecule has 1 aromatic heterocycles. The van der Waals surface area contributed by atoms with Crippen LogP contribution >= 0.6 is 0 Å². The van der Waals surface area contributed by atoms with E-state index in [0.717, 1.165) is 30.9 Å². The molecule has 0 spiro atoms. The summed E-state index contributed by atoms with van der Waals surface area (Å²) in [5.41, 5.74) is 1.08. The van der Waals surface area contributed by atoms with Gasteiger partial charge in [-0.1, -0.05) is 13.0 Å². The lowest BCUT2D eigenvalue weighted by molar-refractivity contribution is -0.134. The number of hydrogen-bond donors (Lipinski definition) is 3. The van der Waals surface area contributed by atoms with E-state index in [1.165, 1.54) is 12.8 Å². The van der Waals surface area contributed by atoms with Crippen molar-refractivity contribution in [1.82, 2.24) is 14.9 Å². The van der Waals surface area contributed by atoms with Gasteiger partial charge in [0.25, 0.3) is 0 Å². The van der Waals surface area contributed by atoms with Gasteiger partial charge in [0.1, 0.15) is 6.61 Å². The molecular formula is C26H35N3O7. The minimum atomic E-state index is -1.26. The maximum absolute atomic E-state index is 12.3. The van der Waals surface area contributed by atoms with E-state index in [4.69, 9.17) is 19.7 Å². The van der Waals surface area contributed by atoms with Crippen molar-refractivity contribution in [3.05, 3.63) is 54.6 Å². The number of rotatable bonds is 11. The standard InChI is InChI=1S/C22H31N3O3.C4H4O4/c1-17-3-7-19(8-4-17)24-22(26)10-6-18-5-9-20(21(15-18)27-2)28-14-13-25-12-11-23-16-25;5-3(6)1-2-4(7)8/h5,9,11-12,15-17,19H,3-4,6-8,10,13-14H2,1-2H3,(H,24,26);1-2H,(H,5,6)(H,7,8)/b;2-1-. The number of nitrogens with one attached hydrogen (secondary N) is 1. The van der Waals surface area contributed by atoms with Crippen molar-refractivity contribution in [2.45, 2.75) is 58.0 Å². The summed E-state index contributed by atoms with van der Waals surface area (Å²) in [6, 6.07) is 6.24. The number of ether oxygens (including phenoxy) is 2. The Morgan fingerprint density at radius 1 is 1.11 bits per heavy atom. The smallest absolute Gasteiger partial charge is 0.328 e. The van der Waals surface area contributed by atoms with E-state index >= 15 is 0 Å². The van der Waals surface area contributed by atoms with Gasteiger partial charge in [-0.2, -0.15) is 0 Å². The number of benzene rings is 1. The Labute approximate surface area is 210 Å². The summed E-state index contributed by atoms with van der Waals surface area (Å²) in [6.07, 6.45) is 12.4. The van der Waals surface area contributed by atoms with Crippen LogP contribution in [0.3, 0.4) is 0 Å². The number of carbonyl (C=O) groups excluding carboxylic acids is 1. The first-order valence-corrected chi connectivity index (χ1v) is 12.0. The Balaban J connectivity index is 0.000000493. The van der Waals surface area contributed by atoms with Crippen LogP contribution in [-0.2, 0) is 27.3 Å². The summed E-state index contributed by atoms with van der Waals surface area (Å²) in [5, 5.41) is 18.8. The molecule has 10 nitrogen and oxygen atoms in total. The average molecular weight is 502 g/mol. The fourth-order valence-corrected chi connectivity index (χ4v) is 3.77. The molecule has 1 aliphatic rings. The maximum atomic E-state index is 12.3. The van der Waals surface area contributed by atoms with Gasteiger partial charge in [0.05, 0.1) is 20.0 Å². The summed E-state index contributed by atoms with van der Waals surface area (Å²) in [5.74, 6) is -0.169. The summed E-state index contributed by atoms with van der Waals surface area (Å²) in [7, 11) is 1.64. The molecule has 0 radical (unpaired) electrons. The molecule has 1 aliphatic carbocycles. The second-order valence-corrected chi connectivity index (χ2v) is 8.67. The molecule has 0 aliphatic heterocycles. The van der Waals surface area contributed by atoms with E-state index in [9.17, 15) is 14.4 Å². The number of amides is 1. The van der Waals surface area contributed by atoms with Crippen LogP contribution in [0.5, 0.6) is 11.5 Å². The van der Waals surface area contributed by atoms with Crippen LogP contribution < -0.4 is 14.8 Å². The molecule has 0 bridgehead atoms. The van der Waals surface area contributed by atoms with Crippen molar-refractivity contribution in [1.29, 1.82) is 0 Å². The number of aromatic nitrogens is 2. The van der Waals surface area contributed by atoms with Crippen molar-refractivity contribution in [3.8, 4) is 11.5 Å². The van der Waals surface area contributed by atoms with Crippen LogP contribution in [0.4, 0.5) is 0 Å². The van der Waals surface area contributed by atoms with Crippen LogP contribution in [0.15, 0.2) is 49.1 Å². The summed E-state index contributed by atoms with van der Waals surface area (Å²) >= 11 is 0. The van der Waals surface area contributed by atoms with Gasteiger partial charge in [-0.15, -0.1) is 0 Å². The van der Waals surface area contributed by atoms with Gasteiger partial charge >= 0.3 is 11.9 Å². The lowest BCUT2D eigenvalue weighted by Gasteiger charge is -2.26. The Morgan fingerprint density at radius 3 is 2.39 bits per heavy atom. The molecule has 1 saturated carbocycles. The second-order valence-electron chi connectivity index (χ2n) is 8.67. The third-order valence-corrected chi connectivity index (χ3v) is 5.78. The number of carbonyl (C=O) groups is 3. The average Bonchev–Trinajstić information content (AvgIpc) is 3.37. The zero-order valence-corrected chi connectivity index (χ0v) is 20.8. The highest BCUT2D eigenvalue weighted by Gasteiger charge is 2.19. The molecule has 0 atom stereocenters. The van der Waals surface area contributed by atoms with Gasteiger partial charge < -0.3 is 29.6 Å². The second kappa shape index (κ2) is 15.2. The van der Waals surface area contributed by atoms with Gasteiger partial charge in [-0.3, -0.25) is 4.79 Å². The number of nitrogens with zero attached hydrogens (tertiary/aromatic N) is 2. The van der Waals surface area contributed by atoms with Crippen molar-refractivity contribution >= 4 is 17.8 Å². The zero-order chi connectivity index (χ0) is 26.3. The Hall–Kier alpha value is -3.82. The fourth-order valence-electron chi connectivity index (χ4n) is 3.77. The van der Waals surface area contributed by atoms with E-state index in [-0.39, 0.29) is 5.91 Å². The highest BCUT2D eigenvalue weighted by Crippen LogP contribution is 2.29. The van der Waals surface area contributed by atoms with Crippen molar-refractivity contribution in [3.63, 3.8) is 0 Å². The Bertz CT molecular complexity index is 981. The van der Waals surface area contributed by atoms with E-state index < -0.39 is 11.9 Å². The lowest BCUT2D eigenvalue weighted by atomic mass is 9.87. The zero-order valence-electron chi connectivity index (χ0n) is 20.8. The molecule has 1 amide bonds. The first kappa shape index (κ1) is 28.4. The molecule has 36 heavy (non-hydrogen) atoms. The highest BCUT2D eigenvalue weighted by molar-refractivity contribution is 5.89. The molecule has 3 rings (SSSR count). The number of methoxy groups -OCH3 is 1. The van der Waals surface area contributed by atoms with E-state index in [1.807, 2.05) is 29.0 Å². The summed E-state index contributed by atoms with van der Waals surface area (Å²) in [4.78, 5) is 35.4. The minimum absolute atomic E-state index is 0.138. The van der Waals surface area contributed by atoms with Crippen LogP contribution in [0.25, 0.3) is 0 Å². The number of imidazole rings is 1. The predicted octanol–water partition coefficient (Wildman–Crippen LogP) is 3.31. The van der Waals surface area contributed by atoms with Gasteiger partial charge in [-0.05, 0) is 55.7 Å². The first-order chi connectivity index (χ1) is 17.3. The van der Waals surface area contributed by atoms with Crippen LogP contribution in [0, 0.1) is 5.92 Å². The van der Waals surface area contributed by atoms with E-state index in [0.29, 0.717) is 49.1 Å². The molecule has 1 heterocycles. The SMILES string of the molecule is COc1cc(CCC(=O)NC2CCC(C)CC2)ccc1OCCn1ccnc1.O=C(O)/C=C\C(=O)O. The normalized spacial score (nSPS) is 17.1. The highest BCUT2D eigenvalue weighted by atomic mass is 16.5. The molecule has 1 aromatic carbocycles. The predicted molar refractivity (Wildman–Crippen MR) is 133 cm³/mol. The van der Waals surface area contributed by atoms with Crippen molar-refractivity contribution in [2.24, 2.45) is 5.92 Å². The minimum Gasteiger partial charge on any atom is -0.493 e. The van der Waals surface area contributed by atoms with Crippen LogP contribution in [-0.4, -0.2) is 57.4 Å². The summed E-state index contributed by atoms with van der Waals surface area (Å²) in [6.45, 7) is 3.55. The third kappa shape index (κ3) is 11.1. The largest absolute Gasteiger partial charge is 0.493 e. The molecule has 196 valence electrons. The molecule has 1 fully saturated rings. The van der Waals surface area contributed by atoms with Crippen molar-refractivity contribution < 1.29 is 34.1 Å². The molecule has 0 unspecified atom stereocenters. The topological polar surface area (TPSA) is 140 Å². The number of hydrogen-bond acceptors (Lipinski definition) is 6. The van der Waals surface area contributed by atoms with Crippen molar-refractivity contribution in [2.75, 3.05) is 13.7 Å². The number of aliphatic carboxylic acids is 2.